The highest BCUT2D eigenvalue weighted by molar-refractivity contribution is 7.14. The van der Waals surface area contributed by atoms with Gasteiger partial charge < -0.3 is 5.73 Å². The highest BCUT2D eigenvalue weighted by Crippen LogP contribution is 2.23. The van der Waals surface area contributed by atoms with Gasteiger partial charge in [0.05, 0.1) is 4.34 Å². The van der Waals surface area contributed by atoms with E-state index in [1.54, 1.807) is 11.3 Å². The van der Waals surface area contributed by atoms with Gasteiger partial charge in [0.25, 0.3) is 0 Å². The molecule has 0 radical (unpaired) electrons. The molecular weight excluding hydrogens is 166 g/mol. The molecule has 1 unspecified atom stereocenters. The van der Waals surface area contributed by atoms with Gasteiger partial charge in [-0.1, -0.05) is 11.6 Å². The molecule has 2 N–H and O–H groups in total. The molecule has 0 saturated carbocycles. The summed E-state index contributed by atoms with van der Waals surface area (Å²) in [5.74, 6) is 0. The molecule has 1 atom stereocenters. The molecule has 3 heteroatoms. The van der Waals surface area contributed by atoms with Gasteiger partial charge in [-0.3, -0.25) is 0 Å². The molecule has 0 aliphatic carbocycles. The summed E-state index contributed by atoms with van der Waals surface area (Å²) in [4.78, 5) is 0. The van der Waals surface area contributed by atoms with Gasteiger partial charge in [-0.25, -0.2) is 0 Å². The molecule has 0 amide bonds. The van der Waals surface area contributed by atoms with Gasteiger partial charge in [0.15, 0.2) is 0 Å². The second kappa shape index (κ2) is 3.37. The molecule has 0 fully saturated rings. The Bertz CT molecular complexity index is 207. The summed E-state index contributed by atoms with van der Waals surface area (Å²) in [6, 6.07) is 2.23. The molecule has 0 saturated heterocycles. The maximum Gasteiger partial charge on any atom is 0.0960 e. The largest absolute Gasteiger partial charge is 0.328 e. The molecule has 10 heavy (non-hydrogen) atoms. The highest BCUT2D eigenvalue weighted by atomic mass is 35.5. The normalized spacial score (nSPS) is 13.5. The first-order chi connectivity index (χ1) is 4.70. The molecule has 1 heterocycles. The van der Waals surface area contributed by atoms with Crippen molar-refractivity contribution in [2.45, 2.75) is 19.4 Å². The van der Waals surface area contributed by atoms with Crippen LogP contribution in [0.15, 0.2) is 11.4 Å². The van der Waals surface area contributed by atoms with Crippen molar-refractivity contribution in [2.24, 2.45) is 5.73 Å². The fourth-order valence-electron chi connectivity index (χ4n) is 0.812. The Hall–Kier alpha value is -0.0500. The minimum Gasteiger partial charge on any atom is -0.328 e. The molecular formula is C7H10ClNS. The van der Waals surface area contributed by atoms with Crippen LogP contribution in [0.1, 0.15) is 12.5 Å². The number of thiophene rings is 1. The fourth-order valence-corrected chi connectivity index (χ4v) is 1.76. The van der Waals surface area contributed by atoms with Gasteiger partial charge in [0.2, 0.25) is 0 Å². The molecule has 0 aliphatic heterocycles. The summed E-state index contributed by atoms with van der Waals surface area (Å²) >= 11 is 7.40. The van der Waals surface area contributed by atoms with E-state index in [2.05, 4.69) is 0 Å². The maximum atomic E-state index is 5.85. The minimum absolute atomic E-state index is 0.201. The first-order valence-corrected chi connectivity index (χ1v) is 4.43. The smallest absolute Gasteiger partial charge is 0.0960 e. The van der Waals surface area contributed by atoms with Gasteiger partial charge >= 0.3 is 0 Å². The van der Waals surface area contributed by atoms with E-state index in [4.69, 9.17) is 17.3 Å². The number of hydrogen-bond donors (Lipinski definition) is 1. The minimum atomic E-state index is 0.201. The van der Waals surface area contributed by atoms with Crippen LogP contribution in [0.25, 0.3) is 0 Å². The summed E-state index contributed by atoms with van der Waals surface area (Å²) in [6.07, 6.45) is 0.877. The van der Waals surface area contributed by atoms with Gasteiger partial charge in [-0.2, -0.15) is 0 Å². The molecule has 0 bridgehead atoms. The summed E-state index contributed by atoms with van der Waals surface area (Å²) in [7, 11) is 0. The number of hydrogen-bond acceptors (Lipinski definition) is 2. The molecule has 1 nitrogen and oxygen atoms in total. The van der Waals surface area contributed by atoms with Crippen LogP contribution in [0.4, 0.5) is 0 Å². The zero-order chi connectivity index (χ0) is 7.56. The van der Waals surface area contributed by atoms with Crippen LogP contribution in [0.5, 0.6) is 0 Å². The van der Waals surface area contributed by atoms with Crippen LogP contribution in [-0.4, -0.2) is 6.04 Å². The predicted octanol–water partition coefficient (Wildman–Crippen LogP) is 2.29. The average molecular weight is 176 g/mol. The Labute approximate surface area is 69.8 Å². The van der Waals surface area contributed by atoms with Gasteiger partial charge in [-0.15, -0.1) is 11.3 Å². The third-order valence-electron chi connectivity index (χ3n) is 1.24. The standard InChI is InChI=1S/C7H10ClNS/c1-5(9)4-6-2-3-10-7(6)8/h2-3,5H,4,9H2,1H3. The summed E-state index contributed by atoms with van der Waals surface area (Å²) in [5.41, 5.74) is 6.77. The Morgan fingerprint density at radius 1 is 1.80 bits per heavy atom. The van der Waals surface area contributed by atoms with Gasteiger partial charge in [0, 0.05) is 6.04 Å². The Kier molecular flexibility index (Phi) is 2.72. The Morgan fingerprint density at radius 3 is 2.90 bits per heavy atom. The molecule has 1 rings (SSSR count). The van der Waals surface area contributed by atoms with E-state index in [1.165, 1.54) is 5.56 Å². The van der Waals surface area contributed by atoms with Crippen molar-refractivity contribution in [1.29, 1.82) is 0 Å². The van der Waals surface area contributed by atoms with Crippen LogP contribution >= 0.6 is 22.9 Å². The molecule has 0 spiro atoms. The maximum absolute atomic E-state index is 5.85. The van der Waals surface area contributed by atoms with Crippen molar-refractivity contribution < 1.29 is 0 Å². The third kappa shape index (κ3) is 1.97. The molecule has 1 aromatic heterocycles. The van der Waals surface area contributed by atoms with E-state index >= 15 is 0 Å². The van der Waals surface area contributed by atoms with E-state index in [9.17, 15) is 0 Å². The van der Waals surface area contributed by atoms with Crippen molar-refractivity contribution in [2.75, 3.05) is 0 Å². The average Bonchev–Trinajstić information content (AvgIpc) is 2.15. The lowest BCUT2D eigenvalue weighted by atomic mass is 10.1. The van der Waals surface area contributed by atoms with Crippen molar-refractivity contribution in [3.8, 4) is 0 Å². The summed E-state index contributed by atoms with van der Waals surface area (Å²) in [6.45, 7) is 1.98. The molecule has 1 aromatic rings. The second-order valence-corrected chi connectivity index (χ2v) is 3.92. The Balaban J connectivity index is 2.65. The van der Waals surface area contributed by atoms with E-state index in [0.29, 0.717) is 0 Å². The summed E-state index contributed by atoms with van der Waals surface area (Å²) < 4.78 is 0.873. The SMILES string of the molecule is CC(N)Cc1ccsc1Cl. The quantitative estimate of drug-likeness (QED) is 0.734. The van der Waals surface area contributed by atoms with Crippen LogP contribution in [0, 0.1) is 0 Å². The van der Waals surface area contributed by atoms with Crippen molar-refractivity contribution >= 4 is 22.9 Å². The fraction of sp³-hybridized carbons (Fsp3) is 0.429. The molecule has 0 aliphatic rings. The van der Waals surface area contributed by atoms with E-state index in [1.807, 2.05) is 18.4 Å². The molecule has 56 valence electrons. The van der Waals surface area contributed by atoms with Crippen molar-refractivity contribution in [3.63, 3.8) is 0 Å². The predicted molar refractivity (Wildman–Crippen MR) is 46.7 cm³/mol. The number of rotatable bonds is 2. The number of nitrogens with two attached hydrogens (primary N) is 1. The van der Waals surface area contributed by atoms with Crippen LogP contribution in [0.2, 0.25) is 4.34 Å². The topological polar surface area (TPSA) is 26.0 Å². The lowest BCUT2D eigenvalue weighted by molar-refractivity contribution is 0.740. The van der Waals surface area contributed by atoms with Crippen LogP contribution in [0.3, 0.4) is 0 Å². The van der Waals surface area contributed by atoms with Crippen LogP contribution in [-0.2, 0) is 6.42 Å². The molecule has 0 aromatic carbocycles. The summed E-state index contributed by atoms with van der Waals surface area (Å²) in [5, 5.41) is 1.99. The van der Waals surface area contributed by atoms with Crippen molar-refractivity contribution in [3.05, 3.63) is 21.3 Å². The van der Waals surface area contributed by atoms with Gasteiger partial charge in [-0.05, 0) is 30.4 Å². The zero-order valence-corrected chi connectivity index (χ0v) is 7.38. The van der Waals surface area contributed by atoms with E-state index < -0.39 is 0 Å². The first-order valence-electron chi connectivity index (χ1n) is 3.17. The number of halogens is 1. The highest BCUT2D eigenvalue weighted by Gasteiger charge is 2.02. The van der Waals surface area contributed by atoms with Crippen molar-refractivity contribution in [1.82, 2.24) is 0 Å². The lowest BCUT2D eigenvalue weighted by Crippen LogP contribution is -2.17. The first kappa shape index (κ1) is 8.05. The Morgan fingerprint density at radius 2 is 2.50 bits per heavy atom. The van der Waals surface area contributed by atoms with Gasteiger partial charge in [0.1, 0.15) is 0 Å². The second-order valence-electron chi connectivity index (χ2n) is 2.40. The van der Waals surface area contributed by atoms with E-state index in [-0.39, 0.29) is 6.04 Å². The third-order valence-corrected chi connectivity index (χ3v) is 2.49. The van der Waals surface area contributed by atoms with E-state index in [0.717, 1.165) is 10.8 Å². The monoisotopic (exact) mass is 175 g/mol. The van der Waals surface area contributed by atoms with Crippen LogP contribution < -0.4 is 5.73 Å². The zero-order valence-electron chi connectivity index (χ0n) is 5.80. The lowest BCUT2D eigenvalue weighted by Gasteiger charge is -2.01.